The second-order valence-corrected chi connectivity index (χ2v) is 5.51. The van der Waals surface area contributed by atoms with E-state index in [1.165, 1.54) is 0 Å². The van der Waals surface area contributed by atoms with Crippen molar-refractivity contribution in [2.45, 2.75) is 6.61 Å². The molecule has 8 heteroatoms. The predicted molar refractivity (Wildman–Crippen MR) is 90.3 cm³/mol. The summed E-state index contributed by atoms with van der Waals surface area (Å²) in [5.41, 5.74) is 1.52. The topological polar surface area (TPSA) is 86.5 Å². The Morgan fingerprint density at radius 3 is 2.32 bits per heavy atom. The maximum Gasteiger partial charge on any atom is 0.341 e. The standard InChI is InChI=1S/C17H14ClN3O4/c18-12-1-3-14(4-2-12)21-9-13(19-20-21)10-24-15-5-7-16(8-6-15)25-11-17(22)23/h1-9H,10-11H2,(H,22,23). The number of carboxylic acid groups (broad SMARTS) is 1. The maximum atomic E-state index is 10.4. The van der Waals surface area contributed by atoms with Crippen LogP contribution in [0.3, 0.4) is 0 Å². The van der Waals surface area contributed by atoms with Crippen molar-refractivity contribution in [2.24, 2.45) is 0 Å². The minimum Gasteiger partial charge on any atom is -0.487 e. The van der Waals surface area contributed by atoms with Gasteiger partial charge >= 0.3 is 5.97 Å². The van der Waals surface area contributed by atoms with E-state index in [-0.39, 0.29) is 13.2 Å². The third-order valence-electron chi connectivity index (χ3n) is 3.20. The fraction of sp³-hybridized carbons (Fsp3) is 0.118. The number of carbonyl (C=O) groups is 1. The molecule has 0 amide bonds. The molecular weight excluding hydrogens is 346 g/mol. The van der Waals surface area contributed by atoms with Gasteiger partial charge in [0.15, 0.2) is 6.61 Å². The van der Waals surface area contributed by atoms with E-state index in [0.717, 1.165) is 5.69 Å². The zero-order valence-electron chi connectivity index (χ0n) is 13.0. The molecule has 1 aromatic heterocycles. The normalized spacial score (nSPS) is 10.4. The van der Waals surface area contributed by atoms with Crippen LogP contribution < -0.4 is 9.47 Å². The quantitative estimate of drug-likeness (QED) is 0.698. The minimum atomic E-state index is -1.02. The van der Waals surface area contributed by atoms with Gasteiger partial charge in [-0.15, -0.1) is 5.10 Å². The lowest BCUT2D eigenvalue weighted by Crippen LogP contribution is -2.09. The molecule has 7 nitrogen and oxygen atoms in total. The van der Waals surface area contributed by atoms with Crippen molar-refractivity contribution in [1.29, 1.82) is 0 Å². The molecule has 0 saturated heterocycles. The molecular formula is C17H14ClN3O4. The van der Waals surface area contributed by atoms with E-state index < -0.39 is 5.97 Å². The number of aromatic nitrogens is 3. The number of ether oxygens (including phenoxy) is 2. The fourth-order valence-electron chi connectivity index (χ4n) is 2.02. The number of halogens is 1. The summed E-state index contributed by atoms with van der Waals surface area (Å²) in [6.45, 7) is -0.128. The van der Waals surface area contributed by atoms with Crippen LogP contribution >= 0.6 is 11.6 Å². The first-order chi connectivity index (χ1) is 12.1. The zero-order chi connectivity index (χ0) is 17.6. The number of carboxylic acids is 1. The van der Waals surface area contributed by atoms with Crippen LogP contribution in [0.5, 0.6) is 11.5 Å². The second-order valence-electron chi connectivity index (χ2n) is 5.07. The average molecular weight is 360 g/mol. The molecule has 0 aliphatic rings. The highest BCUT2D eigenvalue weighted by molar-refractivity contribution is 6.30. The first kappa shape index (κ1) is 16.8. The van der Waals surface area contributed by atoms with Crippen LogP contribution in [0.4, 0.5) is 0 Å². The fourth-order valence-corrected chi connectivity index (χ4v) is 2.14. The summed E-state index contributed by atoms with van der Waals surface area (Å²) >= 11 is 5.86. The van der Waals surface area contributed by atoms with Crippen LogP contribution in [-0.2, 0) is 11.4 Å². The summed E-state index contributed by atoms with van der Waals surface area (Å²) in [5.74, 6) is 0.0521. The van der Waals surface area contributed by atoms with Gasteiger partial charge in [-0.2, -0.15) is 0 Å². The molecule has 0 spiro atoms. The number of benzene rings is 2. The van der Waals surface area contributed by atoms with Gasteiger partial charge in [0.25, 0.3) is 0 Å². The van der Waals surface area contributed by atoms with E-state index in [4.69, 9.17) is 26.2 Å². The summed E-state index contributed by atoms with van der Waals surface area (Å²) in [6, 6.07) is 13.9. The lowest BCUT2D eigenvalue weighted by Gasteiger charge is -2.06. The third-order valence-corrected chi connectivity index (χ3v) is 3.46. The molecule has 0 unspecified atom stereocenters. The molecule has 0 radical (unpaired) electrons. The maximum absolute atomic E-state index is 10.4. The first-order valence-corrected chi connectivity index (χ1v) is 7.72. The van der Waals surface area contributed by atoms with Gasteiger partial charge in [-0.3, -0.25) is 0 Å². The van der Waals surface area contributed by atoms with E-state index >= 15 is 0 Å². The predicted octanol–water partition coefficient (Wildman–Crippen LogP) is 2.96. The summed E-state index contributed by atoms with van der Waals surface area (Å²) in [5, 5.41) is 17.3. The molecule has 0 aliphatic carbocycles. The summed E-state index contributed by atoms with van der Waals surface area (Å²) in [6.07, 6.45) is 1.77. The summed E-state index contributed by atoms with van der Waals surface area (Å²) < 4.78 is 12.3. The Labute approximate surface area is 148 Å². The van der Waals surface area contributed by atoms with Crippen molar-refractivity contribution >= 4 is 17.6 Å². The van der Waals surface area contributed by atoms with Crippen LogP contribution in [0, 0.1) is 0 Å². The lowest BCUT2D eigenvalue weighted by molar-refractivity contribution is -0.139. The molecule has 1 heterocycles. The van der Waals surface area contributed by atoms with Gasteiger partial charge in [0, 0.05) is 5.02 Å². The molecule has 128 valence electrons. The highest BCUT2D eigenvalue weighted by Crippen LogP contribution is 2.19. The molecule has 3 aromatic rings. The number of rotatable bonds is 7. The highest BCUT2D eigenvalue weighted by Gasteiger charge is 2.05. The molecule has 1 N–H and O–H groups in total. The van der Waals surface area contributed by atoms with Crippen LogP contribution in [0.1, 0.15) is 5.69 Å². The van der Waals surface area contributed by atoms with Crippen LogP contribution in [0.15, 0.2) is 54.7 Å². The van der Waals surface area contributed by atoms with Gasteiger partial charge in [0.05, 0.1) is 11.9 Å². The first-order valence-electron chi connectivity index (χ1n) is 7.35. The molecule has 3 rings (SSSR count). The number of aliphatic carboxylic acids is 1. The molecule has 25 heavy (non-hydrogen) atoms. The second kappa shape index (κ2) is 7.67. The van der Waals surface area contributed by atoms with E-state index in [2.05, 4.69) is 10.3 Å². The van der Waals surface area contributed by atoms with Crippen LogP contribution in [-0.4, -0.2) is 32.7 Å². The van der Waals surface area contributed by atoms with Crippen LogP contribution in [0.25, 0.3) is 5.69 Å². The Bertz CT molecular complexity index is 847. The monoisotopic (exact) mass is 359 g/mol. The van der Waals surface area contributed by atoms with Crippen molar-refractivity contribution in [1.82, 2.24) is 15.0 Å². The smallest absolute Gasteiger partial charge is 0.341 e. The number of hydrogen-bond donors (Lipinski definition) is 1. The zero-order valence-corrected chi connectivity index (χ0v) is 13.8. The van der Waals surface area contributed by atoms with Gasteiger partial charge in [-0.25, -0.2) is 9.48 Å². The van der Waals surface area contributed by atoms with Crippen molar-refractivity contribution in [2.75, 3.05) is 6.61 Å². The summed E-state index contributed by atoms with van der Waals surface area (Å²) in [7, 11) is 0. The van der Waals surface area contributed by atoms with E-state index in [0.29, 0.717) is 22.2 Å². The van der Waals surface area contributed by atoms with Crippen LogP contribution in [0.2, 0.25) is 5.02 Å². The van der Waals surface area contributed by atoms with Crippen molar-refractivity contribution in [3.8, 4) is 17.2 Å². The van der Waals surface area contributed by atoms with E-state index in [1.807, 2.05) is 12.1 Å². The van der Waals surface area contributed by atoms with Gasteiger partial charge in [0.2, 0.25) is 0 Å². The number of nitrogens with zero attached hydrogens (tertiary/aromatic N) is 3. The molecule has 0 fully saturated rings. The summed E-state index contributed by atoms with van der Waals surface area (Å²) in [4.78, 5) is 10.4. The van der Waals surface area contributed by atoms with E-state index in [1.54, 1.807) is 47.3 Å². The molecule has 0 aliphatic heterocycles. The SMILES string of the molecule is O=C(O)COc1ccc(OCc2cn(-c3ccc(Cl)cc3)nn2)cc1. The molecule has 0 saturated carbocycles. The van der Waals surface area contributed by atoms with Gasteiger partial charge in [0.1, 0.15) is 23.8 Å². The van der Waals surface area contributed by atoms with Crippen molar-refractivity contribution in [3.63, 3.8) is 0 Å². The van der Waals surface area contributed by atoms with Crippen molar-refractivity contribution < 1.29 is 19.4 Å². The Kier molecular flexibility index (Phi) is 5.15. The molecule has 2 aromatic carbocycles. The van der Waals surface area contributed by atoms with Gasteiger partial charge < -0.3 is 14.6 Å². The van der Waals surface area contributed by atoms with Crippen molar-refractivity contribution in [3.05, 3.63) is 65.4 Å². The Morgan fingerprint density at radius 1 is 1.04 bits per heavy atom. The Hall–Kier alpha value is -3.06. The molecule has 0 atom stereocenters. The Morgan fingerprint density at radius 2 is 1.68 bits per heavy atom. The largest absolute Gasteiger partial charge is 0.487 e. The van der Waals surface area contributed by atoms with Gasteiger partial charge in [-0.05, 0) is 48.5 Å². The number of hydrogen-bond acceptors (Lipinski definition) is 5. The Balaban J connectivity index is 1.57. The average Bonchev–Trinajstić information content (AvgIpc) is 3.08. The third kappa shape index (κ3) is 4.71. The highest BCUT2D eigenvalue weighted by atomic mass is 35.5. The van der Waals surface area contributed by atoms with E-state index in [9.17, 15) is 4.79 Å². The van der Waals surface area contributed by atoms with Gasteiger partial charge in [-0.1, -0.05) is 16.8 Å². The minimum absolute atomic E-state index is 0.253. The lowest BCUT2D eigenvalue weighted by atomic mass is 10.3. The molecule has 0 bridgehead atoms.